The predicted octanol–water partition coefficient (Wildman–Crippen LogP) is 1.54. The van der Waals surface area contributed by atoms with Crippen LogP contribution in [0.1, 0.15) is 5.69 Å². The first-order valence-electron chi connectivity index (χ1n) is 4.20. The summed E-state index contributed by atoms with van der Waals surface area (Å²) in [6.07, 6.45) is 0.164. The Hall–Kier alpha value is -2.42. The topological polar surface area (TPSA) is 95.6 Å². The van der Waals surface area contributed by atoms with E-state index in [1.54, 1.807) is 6.07 Å². The van der Waals surface area contributed by atoms with Crippen LogP contribution in [0.15, 0.2) is 18.2 Å². The molecular weight excluding hydrogens is 196 g/mol. The fourth-order valence-corrected chi connectivity index (χ4v) is 1.38. The summed E-state index contributed by atoms with van der Waals surface area (Å²) in [6, 6.07) is 6.34. The maximum absolute atomic E-state index is 10.5. The Morgan fingerprint density at radius 1 is 1.60 bits per heavy atom. The molecule has 0 amide bonds. The summed E-state index contributed by atoms with van der Waals surface area (Å²) >= 11 is 0. The van der Waals surface area contributed by atoms with Gasteiger partial charge in [-0.05, 0) is 6.07 Å². The van der Waals surface area contributed by atoms with Gasteiger partial charge in [-0.3, -0.25) is 15.2 Å². The molecule has 0 radical (unpaired) electrons. The third-order valence-corrected chi connectivity index (χ3v) is 2.08. The lowest BCUT2D eigenvalue weighted by Crippen LogP contribution is -1.87. The number of fused-ring (bicyclic) bond motifs is 1. The highest BCUT2D eigenvalue weighted by atomic mass is 16.6. The molecule has 2 aromatic rings. The van der Waals surface area contributed by atoms with Crippen LogP contribution in [0.4, 0.5) is 5.69 Å². The first-order chi connectivity index (χ1) is 7.22. The summed E-state index contributed by atoms with van der Waals surface area (Å²) in [5.74, 6) is 0. The number of nitro groups is 1. The van der Waals surface area contributed by atoms with E-state index < -0.39 is 4.92 Å². The van der Waals surface area contributed by atoms with E-state index in [1.165, 1.54) is 12.1 Å². The molecule has 0 saturated carbocycles. The zero-order chi connectivity index (χ0) is 10.8. The van der Waals surface area contributed by atoms with Crippen molar-refractivity contribution in [2.45, 2.75) is 6.42 Å². The van der Waals surface area contributed by atoms with Crippen LogP contribution in [0.5, 0.6) is 0 Å². The van der Waals surface area contributed by atoms with Gasteiger partial charge in [-0.1, -0.05) is 0 Å². The Morgan fingerprint density at radius 2 is 2.40 bits per heavy atom. The molecule has 0 spiro atoms. The van der Waals surface area contributed by atoms with E-state index in [0.29, 0.717) is 16.6 Å². The van der Waals surface area contributed by atoms with Crippen LogP contribution in [-0.4, -0.2) is 15.1 Å². The van der Waals surface area contributed by atoms with Crippen molar-refractivity contribution in [3.63, 3.8) is 0 Å². The summed E-state index contributed by atoms with van der Waals surface area (Å²) in [5.41, 5.74) is 1.24. The normalized spacial score (nSPS) is 10.1. The molecule has 74 valence electrons. The molecule has 0 bridgehead atoms. The SMILES string of the molecule is N#CCc1[nH]nc2ccc([N+](=O)[O-])cc12. The molecule has 2 rings (SSSR count). The van der Waals surface area contributed by atoms with Crippen molar-refractivity contribution in [1.82, 2.24) is 10.2 Å². The number of H-pyrrole nitrogens is 1. The van der Waals surface area contributed by atoms with Gasteiger partial charge < -0.3 is 0 Å². The van der Waals surface area contributed by atoms with E-state index in [-0.39, 0.29) is 12.1 Å². The molecule has 0 saturated heterocycles. The van der Waals surface area contributed by atoms with Gasteiger partial charge in [0.15, 0.2) is 0 Å². The molecular formula is C9H6N4O2. The minimum Gasteiger partial charge on any atom is -0.280 e. The van der Waals surface area contributed by atoms with Crippen LogP contribution >= 0.6 is 0 Å². The van der Waals surface area contributed by atoms with Gasteiger partial charge in [-0.25, -0.2) is 0 Å². The van der Waals surface area contributed by atoms with E-state index in [0.717, 1.165) is 0 Å². The van der Waals surface area contributed by atoms with Gasteiger partial charge in [-0.15, -0.1) is 0 Å². The molecule has 0 aliphatic carbocycles. The first-order valence-corrected chi connectivity index (χ1v) is 4.20. The number of hydrogen-bond acceptors (Lipinski definition) is 4. The monoisotopic (exact) mass is 202 g/mol. The molecule has 1 aromatic carbocycles. The molecule has 0 fully saturated rings. The van der Waals surface area contributed by atoms with E-state index >= 15 is 0 Å². The number of aromatic amines is 1. The van der Waals surface area contributed by atoms with Gasteiger partial charge in [-0.2, -0.15) is 10.4 Å². The molecule has 0 aliphatic heterocycles. The van der Waals surface area contributed by atoms with Crippen molar-refractivity contribution >= 4 is 16.6 Å². The third-order valence-electron chi connectivity index (χ3n) is 2.08. The maximum Gasteiger partial charge on any atom is 0.270 e. The van der Waals surface area contributed by atoms with E-state index in [1.807, 2.05) is 6.07 Å². The number of hydrogen-bond donors (Lipinski definition) is 1. The lowest BCUT2D eigenvalue weighted by molar-refractivity contribution is -0.384. The fraction of sp³-hybridized carbons (Fsp3) is 0.111. The van der Waals surface area contributed by atoms with Crippen LogP contribution in [0.3, 0.4) is 0 Å². The highest BCUT2D eigenvalue weighted by Crippen LogP contribution is 2.21. The van der Waals surface area contributed by atoms with Crippen LogP contribution in [0.2, 0.25) is 0 Å². The predicted molar refractivity (Wildman–Crippen MR) is 52.1 cm³/mol. The second kappa shape index (κ2) is 3.38. The number of nitriles is 1. The van der Waals surface area contributed by atoms with Gasteiger partial charge in [0.2, 0.25) is 0 Å². The lowest BCUT2D eigenvalue weighted by Gasteiger charge is -1.92. The smallest absolute Gasteiger partial charge is 0.270 e. The second-order valence-corrected chi connectivity index (χ2v) is 3.00. The van der Waals surface area contributed by atoms with Crippen LogP contribution < -0.4 is 0 Å². The minimum absolute atomic E-state index is 0.00286. The highest BCUT2D eigenvalue weighted by molar-refractivity contribution is 5.83. The van der Waals surface area contributed by atoms with Crippen molar-refractivity contribution < 1.29 is 4.92 Å². The average molecular weight is 202 g/mol. The quantitative estimate of drug-likeness (QED) is 0.590. The standard InChI is InChI=1S/C9H6N4O2/c10-4-3-9-7-5-6(13(14)15)1-2-8(7)11-12-9/h1-2,5H,3H2,(H,11,12). The van der Waals surface area contributed by atoms with Crippen LogP contribution in [-0.2, 0) is 6.42 Å². The summed E-state index contributed by atoms with van der Waals surface area (Å²) in [4.78, 5) is 10.1. The number of nitrogens with zero attached hydrogens (tertiary/aromatic N) is 3. The van der Waals surface area contributed by atoms with Crippen molar-refractivity contribution in [1.29, 1.82) is 5.26 Å². The zero-order valence-electron chi connectivity index (χ0n) is 7.60. The molecule has 0 atom stereocenters. The van der Waals surface area contributed by atoms with Crippen LogP contribution in [0, 0.1) is 21.4 Å². The lowest BCUT2D eigenvalue weighted by atomic mass is 10.1. The molecule has 0 unspecified atom stereocenters. The molecule has 0 aliphatic rings. The number of benzene rings is 1. The van der Waals surface area contributed by atoms with Crippen molar-refractivity contribution in [3.8, 4) is 6.07 Å². The summed E-state index contributed by atoms with van der Waals surface area (Å²) in [6.45, 7) is 0. The number of nitro benzene ring substituents is 1. The second-order valence-electron chi connectivity index (χ2n) is 3.00. The molecule has 1 N–H and O–H groups in total. The Labute approximate surface area is 84.3 Å². The van der Waals surface area contributed by atoms with E-state index in [9.17, 15) is 10.1 Å². The van der Waals surface area contributed by atoms with Crippen LogP contribution in [0.25, 0.3) is 10.9 Å². The Bertz CT molecular complexity index is 567. The van der Waals surface area contributed by atoms with Gasteiger partial charge in [0, 0.05) is 17.5 Å². The van der Waals surface area contributed by atoms with Gasteiger partial charge in [0.1, 0.15) is 0 Å². The van der Waals surface area contributed by atoms with Gasteiger partial charge in [0.05, 0.1) is 28.6 Å². The zero-order valence-corrected chi connectivity index (χ0v) is 7.60. The Morgan fingerprint density at radius 3 is 3.07 bits per heavy atom. The van der Waals surface area contributed by atoms with Crippen molar-refractivity contribution in [2.75, 3.05) is 0 Å². The summed E-state index contributed by atoms with van der Waals surface area (Å²) < 4.78 is 0. The molecule has 1 aromatic heterocycles. The number of non-ortho nitro benzene ring substituents is 1. The third kappa shape index (κ3) is 1.50. The summed E-state index contributed by atoms with van der Waals surface area (Å²) in [5, 5.41) is 26.3. The fourth-order valence-electron chi connectivity index (χ4n) is 1.38. The largest absolute Gasteiger partial charge is 0.280 e. The number of nitrogens with one attached hydrogen (secondary N) is 1. The molecule has 6 heteroatoms. The molecule has 15 heavy (non-hydrogen) atoms. The van der Waals surface area contributed by atoms with Gasteiger partial charge >= 0.3 is 0 Å². The highest BCUT2D eigenvalue weighted by Gasteiger charge is 2.10. The average Bonchev–Trinajstić information content (AvgIpc) is 2.61. The molecule has 6 nitrogen and oxygen atoms in total. The Kier molecular flexibility index (Phi) is 2.06. The van der Waals surface area contributed by atoms with Crippen molar-refractivity contribution in [3.05, 3.63) is 34.0 Å². The van der Waals surface area contributed by atoms with E-state index in [4.69, 9.17) is 5.26 Å². The number of rotatable bonds is 2. The minimum atomic E-state index is -0.470. The summed E-state index contributed by atoms with van der Waals surface area (Å²) in [7, 11) is 0. The maximum atomic E-state index is 10.5. The number of aromatic nitrogens is 2. The first kappa shape index (κ1) is 9.15. The van der Waals surface area contributed by atoms with E-state index in [2.05, 4.69) is 10.2 Å². The molecule has 1 heterocycles. The van der Waals surface area contributed by atoms with Gasteiger partial charge in [0.25, 0.3) is 5.69 Å². The Balaban J connectivity index is 2.62. The van der Waals surface area contributed by atoms with Crippen molar-refractivity contribution in [2.24, 2.45) is 0 Å².